The Morgan fingerprint density at radius 1 is 1.25 bits per heavy atom. The van der Waals surface area contributed by atoms with Crippen molar-refractivity contribution in [3.8, 4) is 0 Å². The van der Waals surface area contributed by atoms with Crippen molar-refractivity contribution < 1.29 is 60.2 Å². The van der Waals surface area contributed by atoms with Crippen molar-refractivity contribution in [2.45, 2.75) is 0 Å². The fourth-order valence-corrected chi connectivity index (χ4v) is 0. The maximum atomic E-state index is 8.39. The van der Waals surface area contributed by atoms with Crippen LogP contribution in [0.3, 0.4) is 0 Å². The van der Waals surface area contributed by atoms with Crippen molar-refractivity contribution in [3.05, 3.63) is 0 Å². The van der Waals surface area contributed by atoms with E-state index in [-0.39, 0.29) is 83.7 Å². The Kier molecular flexibility index (Phi) is 69.7. The van der Waals surface area contributed by atoms with Crippen LogP contribution < -0.4 is 0 Å². The molecule has 0 aliphatic carbocycles. The molecule has 0 spiro atoms. The summed E-state index contributed by atoms with van der Waals surface area (Å²) < 4.78 is 8.39. The van der Waals surface area contributed by atoms with Crippen LogP contribution in [0.15, 0.2) is 0 Å². The average molecular weight is 382 g/mol. The molecule has 0 saturated heterocycles. The second-order valence-corrected chi connectivity index (χ2v) is 0. The molecule has 0 atom stereocenters. The van der Waals surface area contributed by atoms with Gasteiger partial charge in [0.25, 0.3) is 0 Å². The van der Waals surface area contributed by atoms with Gasteiger partial charge in [0.2, 0.25) is 0 Å². The Balaban J connectivity index is -0.00000000500. The monoisotopic (exact) mass is 382 g/mol. The van der Waals surface area contributed by atoms with Crippen LogP contribution in [0.4, 0.5) is 0 Å². The molecule has 0 saturated carbocycles. The number of rotatable bonds is 0. The molecule has 26 valence electrons. The summed E-state index contributed by atoms with van der Waals surface area (Å²) in [6.45, 7) is 0. The minimum absolute atomic E-state index is 0. The third-order valence-electron chi connectivity index (χ3n) is 0. The van der Waals surface area contributed by atoms with E-state index in [0.717, 1.165) is 0 Å². The molecule has 4 heavy (non-hydrogen) atoms. The molecule has 0 amide bonds. The van der Waals surface area contributed by atoms with Gasteiger partial charge >= 0.3 is 65.1 Å². The fourth-order valence-electron chi connectivity index (χ4n) is 0. The first kappa shape index (κ1) is 16.0. The van der Waals surface area contributed by atoms with E-state index in [1.54, 1.807) is 0 Å². The molecule has 0 heterocycles. The van der Waals surface area contributed by atoms with Gasteiger partial charge in [0.1, 0.15) is 0 Å². The van der Waals surface area contributed by atoms with Gasteiger partial charge in [-0.1, -0.05) is 0 Å². The van der Waals surface area contributed by atoms with E-state index in [4.69, 9.17) is 0.938 Å². The van der Waals surface area contributed by atoms with Gasteiger partial charge in [0.05, 0.1) is 0 Å². The van der Waals surface area contributed by atoms with Crippen molar-refractivity contribution >= 4 is 24.4 Å². The van der Waals surface area contributed by atoms with Gasteiger partial charge in [0, 0.05) is 19.5 Å². The van der Waals surface area contributed by atoms with Crippen molar-refractivity contribution in [2.24, 2.45) is 0 Å². The molecule has 0 unspecified atom stereocenters. The zero-order valence-electron chi connectivity index (χ0n) is 1.97. The van der Waals surface area contributed by atoms with E-state index >= 15 is 0 Å². The van der Waals surface area contributed by atoms with Gasteiger partial charge in [-0.2, -0.15) is 0 Å². The van der Waals surface area contributed by atoms with E-state index in [1.165, 1.54) is 0 Å². The molecule has 0 radical (unpaired) electrons. The van der Waals surface area contributed by atoms with Crippen LogP contribution >= 0.6 is 0 Å². The van der Waals surface area contributed by atoms with Crippen LogP contribution in [0.2, 0.25) is 0 Å². The molecule has 0 aliphatic rings. The molecule has 0 bridgehead atoms. The predicted octanol–water partition coefficient (Wildman–Crippen LogP) is -1.31. The zero-order chi connectivity index (χ0) is 2.00. The van der Waals surface area contributed by atoms with Gasteiger partial charge in [0.15, 0.2) is 0 Å². The summed E-state index contributed by atoms with van der Waals surface area (Å²) in [7, 11) is 0. The predicted molar refractivity (Wildman–Crippen MR) is 10.6 cm³/mol. The van der Waals surface area contributed by atoms with Crippen LogP contribution in [0.5, 0.6) is 0 Å². The summed E-state index contributed by atoms with van der Waals surface area (Å²) in [6, 6.07) is 0. The van der Waals surface area contributed by atoms with E-state index in [0.29, 0.717) is 0 Å². The number of hydrogen-bond acceptors (Lipinski definition) is 1. The Hall–Kier alpha value is 2.62. The van der Waals surface area contributed by atoms with Gasteiger partial charge in [-0.05, 0) is 0 Å². The van der Waals surface area contributed by atoms with Gasteiger partial charge in [-0.15, -0.1) is 0 Å². The first-order valence-electron chi connectivity index (χ1n) is 0.204. The van der Waals surface area contributed by atoms with Gasteiger partial charge < -0.3 is 0 Å². The molecule has 0 aromatic rings. The second kappa shape index (κ2) is 17.5. The zero-order valence-corrected chi connectivity index (χ0v) is 10.9. The quantitative estimate of drug-likeness (QED) is 0.476. The molecule has 1 nitrogen and oxygen atoms in total. The summed E-state index contributed by atoms with van der Waals surface area (Å²) in [4.78, 5) is 0. The summed E-state index contributed by atoms with van der Waals surface area (Å²) in [6.07, 6.45) is 0. The summed E-state index contributed by atoms with van der Waals surface area (Å²) in [5.74, 6) is 0. The Bertz CT molecular complexity index is 8.00. The van der Waals surface area contributed by atoms with Crippen molar-refractivity contribution in [2.75, 3.05) is 0 Å². The summed E-state index contributed by atoms with van der Waals surface area (Å²) in [5.41, 5.74) is 0. The topological polar surface area (TPSA) is 17.1 Å². The van der Waals surface area contributed by atoms with Gasteiger partial charge in [-0.25, -0.2) is 0 Å². The van der Waals surface area contributed by atoms with Crippen LogP contribution in [-0.2, 0) is 20.4 Å². The Labute approximate surface area is 82.7 Å². The molecular weight excluding hydrogens is 379 g/mol. The second-order valence-electron chi connectivity index (χ2n) is 0. The SMILES string of the molecule is [O]=[Ce].[Ru].[SbH3]. The molecule has 0 fully saturated rings. The average Bonchev–Trinajstić information content (AvgIpc) is 1.00. The van der Waals surface area contributed by atoms with Crippen LogP contribution in [0, 0.1) is 39.8 Å². The maximum absolute atomic E-state index is 8.39. The first-order valence-corrected chi connectivity index (χ1v) is 1.49. The third-order valence-corrected chi connectivity index (χ3v) is 0. The summed E-state index contributed by atoms with van der Waals surface area (Å²) in [5, 5.41) is 0. The molecule has 0 aliphatic heterocycles. The van der Waals surface area contributed by atoms with E-state index < -0.39 is 0 Å². The molecule has 0 aromatic carbocycles. The Morgan fingerprint density at radius 2 is 1.25 bits per heavy atom. The molecule has 0 N–H and O–H groups in total. The van der Waals surface area contributed by atoms with Crippen molar-refractivity contribution in [3.63, 3.8) is 0 Å². The molecule has 0 rings (SSSR count). The van der Waals surface area contributed by atoms with Crippen LogP contribution in [0.25, 0.3) is 0 Å². The van der Waals surface area contributed by atoms with E-state index in [1.807, 2.05) is 0 Å². The molecule has 0 aromatic heterocycles. The molecule has 4 heteroatoms. The standard InChI is InChI=1S/Ce.O.Ru.Sb.3H. The van der Waals surface area contributed by atoms with Gasteiger partial charge in [-0.3, -0.25) is 0 Å². The summed E-state index contributed by atoms with van der Waals surface area (Å²) >= 11 is 0.0556. The van der Waals surface area contributed by atoms with Crippen LogP contribution in [-0.4, -0.2) is 24.4 Å². The van der Waals surface area contributed by atoms with Crippen molar-refractivity contribution in [1.29, 1.82) is 0 Å². The Morgan fingerprint density at radius 3 is 1.25 bits per heavy atom. The van der Waals surface area contributed by atoms with Crippen molar-refractivity contribution in [1.82, 2.24) is 0 Å². The van der Waals surface area contributed by atoms with Crippen LogP contribution in [0.1, 0.15) is 0 Å². The minimum atomic E-state index is 0. The third kappa shape index (κ3) is 8.82. The first-order chi connectivity index (χ1) is 1.00. The van der Waals surface area contributed by atoms with E-state index in [2.05, 4.69) is 0 Å². The normalized spacial score (nSPS) is 0.750. The molecular formula is H3CeORuSb. The fraction of sp³-hybridized carbons (Fsp3) is 0. The number of hydrogen-bond donors (Lipinski definition) is 0. The van der Waals surface area contributed by atoms with E-state index in [9.17, 15) is 0 Å².